The lowest BCUT2D eigenvalue weighted by Crippen LogP contribution is -2.43. The lowest BCUT2D eigenvalue weighted by Gasteiger charge is -2.29. The second-order valence-electron chi connectivity index (χ2n) is 5.84. The van der Waals surface area contributed by atoms with Gasteiger partial charge in [0.05, 0.1) is 11.6 Å². The standard InChI is InChI=1S/C16H13Cl2FN2O2/c1-16(2)8-21(9-3-5-11(17)12(19)7-9)15(22)10-4-6-13(18)20-14(10)23-16/h3-7H,8H2,1-2H3. The Balaban J connectivity index is 2.12. The summed E-state index contributed by atoms with van der Waals surface area (Å²) in [6.45, 7) is 3.86. The van der Waals surface area contributed by atoms with Gasteiger partial charge in [0, 0.05) is 5.69 Å². The van der Waals surface area contributed by atoms with E-state index in [-0.39, 0.29) is 34.1 Å². The van der Waals surface area contributed by atoms with Crippen molar-refractivity contribution in [3.63, 3.8) is 0 Å². The van der Waals surface area contributed by atoms with Crippen molar-refractivity contribution in [2.45, 2.75) is 19.4 Å². The summed E-state index contributed by atoms with van der Waals surface area (Å²) in [4.78, 5) is 18.4. The molecule has 0 N–H and O–H groups in total. The van der Waals surface area contributed by atoms with Crippen molar-refractivity contribution in [3.05, 3.63) is 51.9 Å². The highest BCUT2D eigenvalue weighted by molar-refractivity contribution is 6.31. The number of ether oxygens (including phenoxy) is 1. The molecular weight excluding hydrogens is 342 g/mol. The first-order chi connectivity index (χ1) is 10.8. The van der Waals surface area contributed by atoms with Gasteiger partial charge in [0.15, 0.2) is 0 Å². The molecule has 0 bridgehead atoms. The Morgan fingerprint density at radius 2 is 2.00 bits per heavy atom. The second-order valence-corrected chi connectivity index (χ2v) is 6.63. The number of carbonyl (C=O) groups is 1. The Kier molecular flexibility index (Phi) is 3.94. The van der Waals surface area contributed by atoms with Gasteiger partial charge >= 0.3 is 0 Å². The third-order valence-corrected chi connectivity index (χ3v) is 3.95. The number of pyridine rings is 1. The molecule has 4 nitrogen and oxygen atoms in total. The molecule has 0 saturated carbocycles. The Morgan fingerprint density at radius 3 is 2.70 bits per heavy atom. The van der Waals surface area contributed by atoms with Crippen molar-refractivity contribution in [1.29, 1.82) is 0 Å². The third kappa shape index (κ3) is 3.12. The van der Waals surface area contributed by atoms with E-state index >= 15 is 0 Å². The molecule has 0 fully saturated rings. The Morgan fingerprint density at radius 1 is 1.26 bits per heavy atom. The van der Waals surface area contributed by atoms with Gasteiger partial charge in [-0.15, -0.1) is 0 Å². The van der Waals surface area contributed by atoms with Crippen LogP contribution in [-0.4, -0.2) is 23.0 Å². The fourth-order valence-electron chi connectivity index (χ4n) is 2.41. The molecule has 0 radical (unpaired) electrons. The number of hydrogen-bond acceptors (Lipinski definition) is 3. The van der Waals surface area contributed by atoms with Gasteiger partial charge in [-0.1, -0.05) is 23.2 Å². The summed E-state index contributed by atoms with van der Waals surface area (Å²) in [5, 5.41) is 0.235. The number of amides is 1. The Bertz CT molecular complexity index is 796. The average molecular weight is 355 g/mol. The van der Waals surface area contributed by atoms with Crippen LogP contribution in [0.15, 0.2) is 30.3 Å². The van der Waals surface area contributed by atoms with Gasteiger partial charge < -0.3 is 9.64 Å². The van der Waals surface area contributed by atoms with Crippen LogP contribution in [0, 0.1) is 5.82 Å². The molecule has 3 rings (SSSR count). The zero-order valence-corrected chi connectivity index (χ0v) is 14.0. The number of halogens is 3. The minimum absolute atomic E-state index is 0.000352. The highest BCUT2D eigenvalue weighted by atomic mass is 35.5. The molecule has 0 spiro atoms. The van der Waals surface area contributed by atoms with E-state index in [1.165, 1.54) is 23.1 Å². The van der Waals surface area contributed by atoms with Crippen LogP contribution in [0.25, 0.3) is 0 Å². The molecule has 1 aromatic carbocycles. The molecule has 2 aromatic rings. The first-order valence-electron chi connectivity index (χ1n) is 6.89. The Labute approximate surface area is 142 Å². The summed E-state index contributed by atoms with van der Waals surface area (Å²) >= 11 is 11.6. The number of nitrogens with zero attached hydrogens (tertiary/aromatic N) is 2. The molecular formula is C16H13Cl2FN2O2. The number of hydrogen-bond donors (Lipinski definition) is 0. The van der Waals surface area contributed by atoms with Gasteiger partial charge in [0.2, 0.25) is 5.88 Å². The lowest BCUT2D eigenvalue weighted by atomic mass is 10.1. The maximum absolute atomic E-state index is 13.8. The van der Waals surface area contributed by atoms with Gasteiger partial charge in [-0.2, -0.15) is 0 Å². The van der Waals surface area contributed by atoms with Gasteiger partial charge in [-0.25, -0.2) is 9.37 Å². The molecule has 23 heavy (non-hydrogen) atoms. The third-order valence-electron chi connectivity index (χ3n) is 3.43. The molecule has 2 heterocycles. The number of benzene rings is 1. The largest absolute Gasteiger partial charge is 0.469 e. The van der Waals surface area contributed by atoms with Crippen molar-refractivity contribution in [2.75, 3.05) is 11.4 Å². The van der Waals surface area contributed by atoms with E-state index in [4.69, 9.17) is 27.9 Å². The van der Waals surface area contributed by atoms with Crippen LogP contribution >= 0.6 is 23.2 Å². The summed E-state index contributed by atoms with van der Waals surface area (Å²) in [5.74, 6) is -0.754. The maximum atomic E-state index is 13.8. The Hall–Kier alpha value is -1.85. The number of aromatic nitrogens is 1. The maximum Gasteiger partial charge on any atom is 0.263 e. The van der Waals surface area contributed by atoms with Crippen LogP contribution in [-0.2, 0) is 0 Å². The van der Waals surface area contributed by atoms with Crippen molar-refractivity contribution in [1.82, 2.24) is 4.98 Å². The number of rotatable bonds is 1. The molecule has 0 unspecified atom stereocenters. The smallest absolute Gasteiger partial charge is 0.263 e. The van der Waals surface area contributed by atoms with Crippen LogP contribution in [0.2, 0.25) is 10.2 Å². The minimum Gasteiger partial charge on any atom is -0.469 e. The van der Waals surface area contributed by atoms with E-state index in [0.29, 0.717) is 5.69 Å². The summed E-state index contributed by atoms with van der Waals surface area (Å²) in [6.07, 6.45) is 0. The molecule has 1 aliphatic rings. The van der Waals surface area contributed by atoms with E-state index < -0.39 is 11.4 Å². The fourth-order valence-corrected chi connectivity index (χ4v) is 2.67. The van der Waals surface area contributed by atoms with Crippen molar-refractivity contribution in [3.8, 4) is 5.88 Å². The molecule has 0 aliphatic carbocycles. The number of fused-ring (bicyclic) bond motifs is 1. The molecule has 0 saturated heterocycles. The van der Waals surface area contributed by atoms with E-state index in [9.17, 15) is 9.18 Å². The molecule has 1 aliphatic heterocycles. The van der Waals surface area contributed by atoms with Crippen molar-refractivity contribution >= 4 is 34.8 Å². The van der Waals surface area contributed by atoms with Gasteiger partial charge in [0.25, 0.3) is 5.91 Å². The van der Waals surface area contributed by atoms with E-state index in [0.717, 1.165) is 0 Å². The van der Waals surface area contributed by atoms with Gasteiger partial charge in [0.1, 0.15) is 22.1 Å². The monoisotopic (exact) mass is 354 g/mol. The summed E-state index contributed by atoms with van der Waals surface area (Å²) in [6, 6.07) is 7.30. The topological polar surface area (TPSA) is 42.4 Å². The summed E-state index contributed by atoms with van der Waals surface area (Å²) < 4.78 is 19.6. The zero-order chi connectivity index (χ0) is 16.8. The molecule has 7 heteroatoms. The highest BCUT2D eigenvalue weighted by Crippen LogP contribution is 2.32. The number of anilines is 1. The SMILES string of the molecule is CC1(C)CN(c2ccc(Cl)c(F)c2)C(=O)c2ccc(Cl)nc2O1. The predicted molar refractivity (Wildman–Crippen MR) is 87.0 cm³/mol. The molecule has 120 valence electrons. The fraction of sp³-hybridized carbons (Fsp3) is 0.250. The van der Waals surface area contributed by atoms with E-state index in [1.54, 1.807) is 12.1 Å². The van der Waals surface area contributed by atoms with E-state index in [2.05, 4.69) is 4.98 Å². The highest BCUT2D eigenvalue weighted by Gasteiger charge is 2.35. The predicted octanol–water partition coefficient (Wildman–Crippen LogP) is 4.35. The molecule has 0 atom stereocenters. The van der Waals surface area contributed by atoms with Gasteiger partial charge in [-0.05, 0) is 44.2 Å². The average Bonchev–Trinajstić information content (AvgIpc) is 2.56. The van der Waals surface area contributed by atoms with Gasteiger partial charge in [-0.3, -0.25) is 4.79 Å². The van der Waals surface area contributed by atoms with Crippen LogP contribution in [0.1, 0.15) is 24.2 Å². The minimum atomic E-state index is -0.727. The first-order valence-corrected chi connectivity index (χ1v) is 7.65. The van der Waals surface area contributed by atoms with Crippen LogP contribution in [0.4, 0.5) is 10.1 Å². The van der Waals surface area contributed by atoms with Crippen molar-refractivity contribution in [2.24, 2.45) is 0 Å². The van der Waals surface area contributed by atoms with Crippen molar-refractivity contribution < 1.29 is 13.9 Å². The van der Waals surface area contributed by atoms with E-state index in [1.807, 2.05) is 13.8 Å². The molecule has 1 aromatic heterocycles. The summed E-state index contributed by atoms with van der Waals surface area (Å²) in [7, 11) is 0. The molecule has 1 amide bonds. The quantitative estimate of drug-likeness (QED) is 0.715. The van der Waals surface area contributed by atoms with Crippen LogP contribution < -0.4 is 9.64 Å². The number of carbonyl (C=O) groups excluding carboxylic acids is 1. The normalized spacial score (nSPS) is 16.6. The summed E-state index contributed by atoms with van der Waals surface area (Å²) in [5.41, 5.74) is -0.0546. The lowest BCUT2D eigenvalue weighted by molar-refractivity contribution is 0.0961. The first kappa shape index (κ1) is 16.0. The van der Waals surface area contributed by atoms with Crippen LogP contribution in [0.5, 0.6) is 5.88 Å². The second kappa shape index (κ2) is 5.65. The zero-order valence-electron chi connectivity index (χ0n) is 12.4. The van der Waals surface area contributed by atoms with Crippen LogP contribution in [0.3, 0.4) is 0 Å².